The van der Waals surface area contributed by atoms with Gasteiger partial charge in [0.25, 0.3) is 5.91 Å². The van der Waals surface area contributed by atoms with Crippen molar-refractivity contribution in [2.24, 2.45) is 5.92 Å². The van der Waals surface area contributed by atoms with Gasteiger partial charge < -0.3 is 15.4 Å². The van der Waals surface area contributed by atoms with Gasteiger partial charge in [0.15, 0.2) is 0 Å². The smallest absolute Gasteiger partial charge is 0.326 e. The van der Waals surface area contributed by atoms with Crippen molar-refractivity contribution in [3.63, 3.8) is 0 Å². The molecule has 0 saturated carbocycles. The Balaban J connectivity index is 2.32. The van der Waals surface area contributed by atoms with Crippen molar-refractivity contribution in [3.8, 4) is 0 Å². The zero-order valence-electron chi connectivity index (χ0n) is 11.1. The molecule has 0 aliphatic carbocycles. The van der Waals surface area contributed by atoms with Crippen LogP contribution in [0.3, 0.4) is 0 Å². The highest BCUT2D eigenvalue weighted by Gasteiger charge is 2.25. The van der Waals surface area contributed by atoms with Crippen molar-refractivity contribution in [2.45, 2.75) is 19.9 Å². The fourth-order valence-corrected chi connectivity index (χ4v) is 2.62. The Bertz CT molecular complexity index is 663. The first-order valence-electron chi connectivity index (χ1n) is 6.21. The number of nitrogens with one attached hydrogen (secondary N) is 2. The van der Waals surface area contributed by atoms with Crippen molar-refractivity contribution >= 4 is 38.7 Å². The molecule has 0 radical (unpaired) electrons. The number of para-hydroxylation sites is 1. The molecule has 2 rings (SSSR count). The molecule has 20 heavy (non-hydrogen) atoms. The Labute approximate surface area is 124 Å². The summed E-state index contributed by atoms with van der Waals surface area (Å²) in [4.78, 5) is 26.3. The lowest BCUT2D eigenvalue weighted by molar-refractivity contribution is -0.140. The number of halogens is 1. The second kappa shape index (κ2) is 5.66. The van der Waals surface area contributed by atoms with Gasteiger partial charge >= 0.3 is 5.97 Å². The van der Waals surface area contributed by atoms with Crippen LogP contribution in [0.4, 0.5) is 0 Å². The molecule has 1 aromatic carbocycles. The lowest BCUT2D eigenvalue weighted by atomic mass is 10.0. The molecule has 1 atom stereocenters. The van der Waals surface area contributed by atoms with E-state index in [-0.39, 0.29) is 5.92 Å². The normalized spacial score (nSPS) is 12.6. The van der Waals surface area contributed by atoms with Crippen LogP contribution in [0.15, 0.2) is 28.7 Å². The zero-order valence-corrected chi connectivity index (χ0v) is 12.7. The van der Waals surface area contributed by atoms with Gasteiger partial charge in [0.2, 0.25) is 0 Å². The van der Waals surface area contributed by atoms with Crippen LogP contribution in [0, 0.1) is 5.92 Å². The summed E-state index contributed by atoms with van der Waals surface area (Å²) in [5, 5.41) is 12.5. The number of carboxylic acids is 1. The highest BCUT2D eigenvalue weighted by atomic mass is 79.9. The van der Waals surface area contributed by atoms with E-state index in [1.165, 1.54) is 0 Å². The molecule has 0 bridgehead atoms. The quantitative estimate of drug-likeness (QED) is 0.801. The van der Waals surface area contributed by atoms with Crippen molar-refractivity contribution in [1.82, 2.24) is 10.3 Å². The third-order valence-corrected chi connectivity index (χ3v) is 3.91. The first kappa shape index (κ1) is 14.6. The maximum Gasteiger partial charge on any atom is 0.326 e. The molecule has 0 aliphatic heterocycles. The summed E-state index contributed by atoms with van der Waals surface area (Å²) in [6.45, 7) is 3.50. The van der Waals surface area contributed by atoms with Crippen LogP contribution in [0.25, 0.3) is 10.9 Å². The topological polar surface area (TPSA) is 82.2 Å². The molecule has 3 N–H and O–H groups in total. The van der Waals surface area contributed by atoms with Gasteiger partial charge in [-0.2, -0.15) is 0 Å². The summed E-state index contributed by atoms with van der Waals surface area (Å²) in [5.41, 5.74) is 1.15. The van der Waals surface area contributed by atoms with Crippen molar-refractivity contribution in [2.75, 3.05) is 0 Å². The minimum absolute atomic E-state index is 0.195. The largest absolute Gasteiger partial charge is 0.480 e. The molecule has 0 fully saturated rings. The van der Waals surface area contributed by atoms with Crippen LogP contribution in [0.2, 0.25) is 0 Å². The predicted molar refractivity (Wildman–Crippen MR) is 79.7 cm³/mol. The van der Waals surface area contributed by atoms with E-state index < -0.39 is 17.9 Å². The predicted octanol–water partition coefficient (Wildman–Crippen LogP) is 2.77. The average molecular weight is 339 g/mol. The zero-order chi connectivity index (χ0) is 14.9. The second-order valence-corrected chi connectivity index (χ2v) is 5.69. The molecule has 5 nitrogen and oxygen atoms in total. The Hall–Kier alpha value is -1.82. The van der Waals surface area contributed by atoms with Crippen LogP contribution in [0.1, 0.15) is 24.3 Å². The van der Waals surface area contributed by atoms with E-state index in [9.17, 15) is 9.59 Å². The number of benzene rings is 1. The number of carbonyl (C=O) groups excluding carboxylic acids is 1. The lowest BCUT2D eigenvalue weighted by Gasteiger charge is -2.17. The molecule has 106 valence electrons. The molecule has 0 unspecified atom stereocenters. The van der Waals surface area contributed by atoms with E-state index in [2.05, 4.69) is 26.2 Å². The van der Waals surface area contributed by atoms with Crippen LogP contribution in [-0.4, -0.2) is 28.0 Å². The van der Waals surface area contributed by atoms with Gasteiger partial charge in [0.1, 0.15) is 11.7 Å². The van der Waals surface area contributed by atoms with Gasteiger partial charge in [-0.15, -0.1) is 0 Å². The van der Waals surface area contributed by atoms with Gasteiger partial charge in [-0.05, 0) is 27.9 Å². The fourth-order valence-electron chi connectivity index (χ4n) is 1.99. The summed E-state index contributed by atoms with van der Waals surface area (Å²) in [6, 6.07) is 6.55. The number of rotatable bonds is 4. The molecular weight excluding hydrogens is 324 g/mol. The summed E-state index contributed by atoms with van der Waals surface area (Å²) in [6.07, 6.45) is 0. The SMILES string of the molecule is CC(C)[C@H](NC(=O)c1[nH]c2ccccc2c1Br)C(=O)O. The van der Waals surface area contributed by atoms with E-state index in [1.54, 1.807) is 13.8 Å². The summed E-state index contributed by atoms with van der Waals surface area (Å²) in [7, 11) is 0. The van der Waals surface area contributed by atoms with Gasteiger partial charge in [0.05, 0.1) is 4.47 Å². The van der Waals surface area contributed by atoms with E-state index in [4.69, 9.17) is 5.11 Å². The van der Waals surface area contributed by atoms with Crippen LogP contribution >= 0.6 is 15.9 Å². The Kier molecular flexibility index (Phi) is 4.13. The number of carbonyl (C=O) groups is 2. The molecule has 0 aliphatic rings. The van der Waals surface area contributed by atoms with Crippen LogP contribution < -0.4 is 5.32 Å². The van der Waals surface area contributed by atoms with Crippen molar-refractivity contribution in [1.29, 1.82) is 0 Å². The van der Waals surface area contributed by atoms with Crippen LogP contribution in [-0.2, 0) is 4.79 Å². The van der Waals surface area contributed by atoms with Crippen LogP contribution in [0.5, 0.6) is 0 Å². The molecule has 1 aromatic heterocycles. The Morgan fingerprint density at radius 1 is 1.30 bits per heavy atom. The summed E-state index contributed by atoms with van der Waals surface area (Å²) < 4.78 is 0.637. The highest BCUT2D eigenvalue weighted by Crippen LogP contribution is 2.27. The summed E-state index contributed by atoms with van der Waals surface area (Å²) in [5.74, 6) is -1.67. The average Bonchev–Trinajstić information content (AvgIpc) is 2.73. The molecule has 6 heteroatoms. The van der Waals surface area contributed by atoms with Gasteiger partial charge in [-0.1, -0.05) is 32.0 Å². The van der Waals surface area contributed by atoms with E-state index in [0.29, 0.717) is 10.2 Å². The van der Waals surface area contributed by atoms with E-state index >= 15 is 0 Å². The molecule has 1 amide bonds. The minimum Gasteiger partial charge on any atom is -0.480 e. The third kappa shape index (κ3) is 2.70. The number of H-pyrrole nitrogens is 1. The van der Waals surface area contributed by atoms with Gasteiger partial charge in [-0.25, -0.2) is 4.79 Å². The molecule has 2 aromatic rings. The number of fused-ring (bicyclic) bond motifs is 1. The monoisotopic (exact) mass is 338 g/mol. The number of carboxylic acid groups (broad SMARTS) is 1. The number of aromatic nitrogens is 1. The van der Waals surface area contributed by atoms with E-state index in [1.807, 2.05) is 24.3 Å². The maximum absolute atomic E-state index is 12.2. The lowest BCUT2D eigenvalue weighted by Crippen LogP contribution is -2.44. The minimum atomic E-state index is -1.04. The highest BCUT2D eigenvalue weighted by molar-refractivity contribution is 9.10. The molecule has 1 heterocycles. The molecule has 0 saturated heterocycles. The number of aromatic amines is 1. The number of aliphatic carboxylic acids is 1. The molecule has 0 spiro atoms. The summed E-state index contributed by atoms with van der Waals surface area (Å²) >= 11 is 3.38. The van der Waals surface area contributed by atoms with Crippen molar-refractivity contribution in [3.05, 3.63) is 34.4 Å². The van der Waals surface area contributed by atoms with Gasteiger partial charge in [0, 0.05) is 10.9 Å². The number of hydrogen-bond donors (Lipinski definition) is 3. The van der Waals surface area contributed by atoms with E-state index in [0.717, 1.165) is 10.9 Å². The number of hydrogen-bond acceptors (Lipinski definition) is 2. The maximum atomic E-state index is 12.2. The third-order valence-electron chi connectivity index (χ3n) is 3.09. The number of amides is 1. The molecular formula is C14H15BrN2O3. The standard InChI is InChI=1S/C14H15BrN2O3/c1-7(2)11(14(19)20)17-13(18)12-10(15)8-5-3-4-6-9(8)16-12/h3-7,11,16H,1-2H3,(H,17,18)(H,19,20)/t11-/m0/s1. The van der Waals surface area contributed by atoms with Gasteiger partial charge in [-0.3, -0.25) is 4.79 Å². The Morgan fingerprint density at radius 2 is 1.95 bits per heavy atom. The van der Waals surface area contributed by atoms with Crippen molar-refractivity contribution < 1.29 is 14.7 Å². The first-order chi connectivity index (χ1) is 9.41. The Morgan fingerprint density at radius 3 is 2.50 bits per heavy atom. The fraction of sp³-hybridized carbons (Fsp3) is 0.286. The second-order valence-electron chi connectivity index (χ2n) is 4.89. The first-order valence-corrected chi connectivity index (χ1v) is 7.01.